The van der Waals surface area contributed by atoms with Crippen LogP contribution in [0.15, 0.2) is 57.4 Å². The van der Waals surface area contributed by atoms with Gasteiger partial charge < -0.3 is 38.1 Å². The maximum atomic E-state index is 14.2. The second kappa shape index (κ2) is 13.4. The molecule has 4 unspecified atom stereocenters. The Hall–Kier alpha value is -4.10. The fourth-order valence-electron chi connectivity index (χ4n) is 7.35. The Kier molecular flexibility index (Phi) is 9.85. The number of aliphatic hydroxyl groups is 1. The maximum Gasteiger partial charge on any atom is 0.343 e. The number of carbonyl (C=O) groups excluding carboxylic acids is 3. The van der Waals surface area contributed by atoms with Gasteiger partial charge in [-0.2, -0.15) is 0 Å². The number of hydrogen-bond donors (Lipinski definition) is 1. The van der Waals surface area contributed by atoms with E-state index in [4.69, 9.17) is 32.9 Å². The van der Waals surface area contributed by atoms with Gasteiger partial charge in [-0.1, -0.05) is 17.3 Å². The Morgan fingerprint density at radius 1 is 1.17 bits per heavy atom. The van der Waals surface area contributed by atoms with E-state index in [9.17, 15) is 19.5 Å². The van der Waals surface area contributed by atoms with E-state index in [0.29, 0.717) is 29.5 Å². The topological polar surface area (TPSA) is 156 Å². The molecule has 4 aliphatic rings. The summed E-state index contributed by atoms with van der Waals surface area (Å²) in [7, 11) is 2.73. The monoisotopic (exact) mass is 670 g/mol. The predicted molar refractivity (Wildman–Crippen MR) is 170 cm³/mol. The minimum Gasteiger partial charge on any atom is -0.497 e. The van der Waals surface area contributed by atoms with Gasteiger partial charge in [-0.15, -0.1) is 0 Å². The fourth-order valence-corrected chi connectivity index (χ4v) is 7.35. The van der Waals surface area contributed by atoms with E-state index in [2.05, 4.69) is 16.6 Å². The number of aromatic nitrogens is 1. The summed E-state index contributed by atoms with van der Waals surface area (Å²) < 4.78 is 39.2. The van der Waals surface area contributed by atoms with E-state index >= 15 is 0 Å². The van der Waals surface area contributed by atoms with Crippen molar-refractivity contribution in [2.75, 3.05) is 34.1 Å². The third-order valence-corrected chi connectivity index (χ3v) is 9.90. The molecule has 13 heteroatoms. The first kappa shape index (κ1) is 35.2. The summed E-state index contributed by atoms with van der Waals surface area (Å²) in [6, 6.07) is -0.135. The zero-order valence-electron chi connectivity index (χ0n) is 28.8. The first-order valence-corrected chi connectivity index (χ1v) is 16.2. The average molecular weight is 671 g/mol. The van der Waals surface area contributed by atoms with Crippen LogP contribution in [-0.2, 0) is 38.0 Å². The second-order valence-corrected chi connectivity index (χ2v) is 13.6. The highest BCUT2D eigenvalue weighted by atomic mass is 16.7. The van der Waals surface area contributed by atoms with Gasteiger partial charge in [0.05, 0.1) is 32.8 Å². The van der Waals surface area contributed by atoms with Crippen molar-refractivity contribution in [1.82, 2.24) is 10.1 Å². The minimum absolute atomic E-state index is 0.105. The number of allylic oxidation sites excluding steroid dienone is 2. The largest absolute Gasteiger partial charge is 0.497 e. The zero-order chi connectivity index (χ0) is 35.0. The molecule has 4 heterocycles. The quantitative estimate of drug-likeness (QED) is 0.247. The zero-order valence-corrected chi connectivity index (χ0v) is 28.8. The van der Waals surface area contributed by atoms with E-state index in [1.54, 1.807) is 34.8 Å². The van der Waals surface area contributed by atoms with Gasteiger partial charge in [0, 0.05) is 19.1 Å². The lowest BCUT2D eigenvalue weighted by Crippen LogP contribution is -2.51. The fraction of sp³-hybridized carbons (Fsp3) is 0.600. The van der Waals surface area contributed by atoms with E-state index in [1.807, 2.05) is 13.0 Å². The predicted octanol–water partition coefficient (Wildman–Crippen LogP) is 4.41. The summed E-state index contributed by atoms with van der Waals surface area (Å²) in [6.45, 7) is 14.7. The molecule has 48 heavy (non-hydrogen) atoms. The van der Waals surface area contributed by atoms with Crippen LogP contribution in [0.5, 0.6) is 0 Å². The third-order valence-electron chi connectivity index (χ3n) is 9.90. The molecule has 0 radical (unpaired) electrons. The molecule has 1 aromatic heterocycles. The Labute approximate surface area is 280 Å². The van der Waals surface area contributed by atoms with Gasteiger partial charge in [-0.3, -0.25) is 9.69 Å². The van der Waals surface area contributed by atoms with E-state index in [-0.39, 0.29) is 37.7 Å². The van der Waals surface area contributed by atoms with E-state index in [0.717, 1.165) is 36.2 Å². The Balaban J connectivity index is 1.42. The Bertz CT molecular complexity index is 1570. The molecule has 0 aromatic carbocycles. The molecule has 262 valence electrons. The van der Waals surface area contributed by atoms with Crippen molar-refractivity contribution >= 4 is 17.9 Å². The van der Waals surface area contributed by atoms with Crippen molar-refractivity contribution in [2.24, 2.45) is 5.92 Å². The Morgan fingerprint density at radius 3 is 2.52 bits per heavy atom. The molecule has 0 spiro atoms. The molecule has 5 rings (SSSR count). The van der Waals surface area contributed by atoms with Crippen LogP contribution in [0.2, 0.25) is 0 Å². The van der Waals surface area contributed by atoms with Crippen LogP contribution < -0.4 is 0 Å². The SMILES string of the molecule is C=C1CCN2CCC3=C(OC)C(C)(OC(=O)C(O)(CCCC(C)(C)OC(=O)c4cnoc4C)CC(=O)OC)C(C1=CC1=C(C)OCO1)C32. The van der Waals surface area contributed by atoms with Crippen molar-refractivity contribution in [3.63, 3.8) is 0 Å². The minimum atomic E-state index is -2.25. The number of rotatable bonds is 12. The molecule has 0 bridgehead atoms. The molecule has 0 saturated carbocycles. The number of aryl methyl sites for hydroxylation is 1. The first-order valence-electron chi connectivity index (χ1n) is 16.2. The van der Waals surface area contributed by atoms with Crippen LogP contribution in [0.1, 0.15) is 82.3 Å². The van der Waals surface area contributed by atoms with Crippen LogP contribution >= 0.6 is 0 Å². The van der Waals surface area contributed by atoms with E-state index < -0.39 is 47.0 Å². The average Bonchev–Trinajstić information content (AvgIpc) is 3.77. The number of nitrogens with zero attached hydrogens (tertiary/aromatic N) is 2. The molecule has 1 N–H and O–H groups in total. The molecular weight excluding hydrogens is 624 g/mol. The lowest BCUT2D eigenvalue weighted by Gasteiger charge is -2.40. The highest BCUT2D eigenvalue weighted by molar-refractivity contribution is 5.90. The van der Waals surface area contributed by atoms with Gasteiger partial charge >= 0.3 is 17.9 Å². The number of esters is 3. The normalized spacial score (nSPS) is 26.1. The third kappa shape index (κ3) is 6.62. The van der Waals surface area contributed by atoms with Crippen molar-refractivity contribution in [1.29, 1.82) is 0 Å². The molecular formula is C35H46N2O11. The molecule has 3 aliphatic heterocycles. The van der Waals surface area contributed by atoms with Gasteiger partial charge in [0.2, 0.25) is 6.79 Å². The van der Waals surface area contributed by atoms with Crippen LogP contribution in [0.4, 0.5) is 0 Å². The molecule has 13 nitrogen and oxygen atoms in total. The first-order chi connectivity index (χ1) is 22.6. The molecule has 2 fully saturated rings. The van der Waals surface area contributed by atoms with Crippen LogP contribution in [0, 0.1) is 12.8 Å². The lowest BCUT2D eigenvalue weighted by molar-refractivity contribution is -0.188. The van der Waals surface area contributed by atoms with Crippen molar-refractivity contribution in [2.45, 2.75) is 96.0 Å². The summed E-state index contributed by atoms with van der Waals surface area (Å²) >= 11 is 0. The molecule has 0 amide bonds. The van der Waals surface area contributed by atoms with Crippen molar-refractivity contribution in [3.05, 3.63) is 64.2 Å². The molecule has 2 saturated heterocycles. The van der Waals surface area contributed by atoms with Gasteiger partial charge in [0.15, 0.2) is 17.0 Å². The summed E-state index contributed by atoms with van der Waals surface area (Å²) in [5, 5.41) is 15.5. The van der Waals surface area contributed by atoms with Crippen LogP contribution in [-0.4, -0.2) is 90.0 Å². The standard InChI is InChI=1S/C35H46N2O11/c1-20-10-14-37-15-11-23-29(37)28(24(20)16-26-22(3)44-19-45-26)34(6,30(23)43-8)47-32(40)35(41,17-27(38)42-7)13-9-12-33(4,5)46-31(39)25-18-36-48-21(25)2/h16,18,28-29,41H,1,9-15,17,19H2,2-8H3. The highest BCUT2D eigenvalue weighted by Gasteiger charge is 2.61. The van der Waals surface area contributed by atoms with E-state index in [1.165, 1.54) is 13.3 Å². The number of ether oxygens (including phenoxy) is 6. The van der Waals surface area contributed by atoms with Crippen LogP contribution in [0.25, 0.3) is 0 Å². The molecule has 1 aliphatic carbocycles. The van der Waals surface area contributed by atoms with Crippen molar-refractivity contribution in [3.8, 4) is 0 Å². The molecule has 4 atom stereocenters. The van der Waals surface area contributed by atoms with Gasteiger partial charge in [-0.05, 0) is 83.9 Å². The Morgan fingerprint density at radius 2 is 1.90 bits per heavy atom. The maximum absolute atomic E-state index is 14.2. The summed E-state index contributed by atoms with van der Waals surface area (Å²) in [5.74, 6) is -0.771. The summed E-state index contributed by atoms with van der Waals surface area (Å²) in [6.07, 6.45) is 4.28. The van der Waals surface area contributed by atoms with Crippen molar-refractivity contribution < 1.29 is 52.4 Å². The number of hydrogen-bond acceptors (Lipinski definition) is 13. The lowest BCUT2D eigenvalue weighted by atomic mass is 9.78. The highest BCUT2D eigenvalue weighted by Crippen LogP contribution is 2.55. The van der Waals surface area contributed by atoms with Gasteiger partial charge in [0.25, 0.3) is 0 Å². The number of methoxy groups -OCH3 is 2. The van der Waals surface area contributed by atoms with Gasteiger partial charge in [-0.25, -0.2) is 9.59 Å². The second-order valence-electron chi connectivity index (χ2n) is 13.6. The summed E-state index contributed by atoms with van der Waals surface area (Å²) in [5.41, 5.74) is -1.67. The van der Waals surface area contributed by atoms with Crippen LogP contribution in [0.3, 0.4) is 0 Å². The number of carbonyl (C=O) groups is 3. The summed E-state index contributed by atoms with van der Waals surface area (Å²) in [4.78, 5) is 41.9. The van der Waals surface area contributed by atoms with Gasteiger partial charge in [0.1, 0.15) is 28.4 Å². The smallest absolute Gasteiger partial charge is 0.343 e. The molecule has 1 aromatic rings.